The van der Waals surface area contributed by atoms with Gasteiger partial charge in [-0.05, 0) is 19.9 Å². The molecule has 17 heavy (non-hydrogen) atoms. The molecular formula is C13H15FO3. The third-order valence-electron chi connectivity index (χ3n) is 2.50. The van der Waals surface area contributed by atoms with Crippen molar-refractivity contribution < 1.29 is 19.0 Å². The second-order valence-electron chi connectivity index (χ2n) is 3.70. The van der Waals surface area contributed by atoms with Crippen molar-refractivity contribution in [1.82, 2.24) is 0 Å². The first-order valence-electron chi connectivity index (χ1n) is 5.26. The summed E-state index contributed by atoms with van der Waals surface area (Å²) in [4.78, 5) is 11.3. The monoisotopic (exact) mass is 238 g/mol. The van der Waals surface area contributed by atoms with Crippen LogP contribution in [0.25, 0.3) is 0 Å². The molecule has 0 saturated carbocycles. The van der Waals surface area contributed by atoms with E-state index in [0.29, 0.717) is 0 Å². The van der Waals surface area contributed by atoms with Gasteiger partial charge in [0.15, 0.2) is 5.60 Å². The standard InChI is InChI=1S/C13H15FO3/c1-3-4-9-17-13(2,12(15)16)10-7-5-6-8-11(10)14/h3-8H,9H2,1-2H3,(H,15,16). The van der Waals surface area contributed by atoms with Crippen LogP contribution < -0.4 is 0 Å². The number of halogens is 1. The van der Waals surface area contributed by atoms with E-state index in [9.17, 15) is 14.3 Å². The fourth-order valence-corrected chi connectivity index (χ4v) is 1.41. The Labute approximate surface area is 99.5 Å². The maximum Gasteiger partial charge on any atom is 0.340 e. The number of benzene rings is 1. The van der Waals surface area contributed by atoms with Crippen molar-refractivity contribution >= 4 is 5.97 Å². The lowest BCUT2D eigenvalue weighted by molar-refractivity contribution is -0.164. The van der Waals surface area contributed by atoms with Crippen molar-refractivity contribution in [2.45, 2.75) is 19.4 Å². The molecule has 1 atom stereocenters. The predicted molar refractivity (Wildman–Crippen MR) is 62.2 cm³/mol. The quantitative estimate of drug-likeness (QED) is 0.802. The van der Waals surface area contributed by atoms with Crippen LogP contribution in [0.15, 0.2) is 36.4 Å². The van der Waals surface area contributed by atoms with E-state index in [-0.39, 0.29) is 12.2 Å². The molecule has 4 heteroatoms. The van der Waals surface area contributed by atoms with E-state index in [1.807, 2.05) is 0 Å². The van der Waals surface area contributed by atoms with E-state index in [4.69, 9.17) is 4.74 Å². The van der Waals surface area contributed by atoms with Gasteiger partial charge in [0.25, 0.3) is 0 Å². The number of ether oxygens (including phenoxy) is 1. The summed E-state index contributed by atoms with van der Waals surface area (Å²) in [5.74, 6) is -1.80. The lowest BCUT2D eigenvalue weighted by Crippen LogP contribution is -2.36. The topological polar surface area (TPSA) is 46.5 Å². The Morgan fingerprint density at radius 3 is 2.71 bits per heavy atom. The van der Waals surface area contributed by atoms with Gasteiger partial charge in [0.05, 0.1) is 6.61 Å². The summed E-state index contributed by atoms with van der Waals surface area (Å²) in [6.45, 7) is 3.26. The Morgan fingerprint density at radius 2 is 2.18 bits per heavy atom. The highest BCUT2D eigenvalue weighted by Gasteiger charge is 2.38. The molecule has 1 aromatic carbocycles. The van der Waals surface area contributed by atoms with E-state index in [0.717, 1.165) is 0 Å². The number of carboxylic acids is 1. The fraction of sp³-hybridized carbons (Fsp3) is 0.308. The van der Waals surface area contributed by atoms with Crippen LogP contribution in [0.4, 0.5) is 4.39 Å². The van der Waals surface area contributed by atoms with Crippen molar-refractivity contribution in [2.24, 2.45) is 0 Å². The molecule has 0 aromatic heterocycles. The van der Waals surface area contributed by atoms with E-state index in [1.54, 1.807) is 25.1 Å². The molecule has 3 nitrogen and oxygen atoms in total. The normalized spacial score (nSPS) is 14.8. The second-order valence-corrected chi connectivity index (χ2v) is 3.70. The Hall–Kier alpha value is -1.68. The van der Waals surface area contributed by atoms with Gasteiger partial charge in [-0.1, -0.05) is 30.4 Å². The molecule has 1 rings (SSSR count). The smallest absolute Gasteiger partial charge is 0.340 e. The largest absolute Gasteiger partial charge is 0.479 e. The fourth-order valence-electron chi connectivity index (χ4n) is 1.41. The van der Waals surface area contributed by atoms with Crippen molar-refractivity contribution in [3.63, 3.8) is 0 Å². The number of carbonyl (C=O) groups is 1. The van der Waals surface area contributed by atoms with Crippen molar-refractivity contribution in [1.29, 1.82) is 0 Å². The average molecular weight is 238 g/mol. The van der Waals surface area contributed by atoms with Crippen LogP contribution in [-0.2, 0) is 15.1 Å². The van der Waals surface area contributed by atoms with Gasteiger partial charge in [-0.2, -0.15) is 0 Å². The molecule has 0 saturated heterocycles. The van der Waals surface area contributed by atoms with E-state index < -0.39 is 17.4 Å². The summed E-state index contributed by atoms with van der Waals surface area (Å²) in [7, 11) is 0. The van der Waals surface area contributed by atoms with Crippen LogP contribution in [0, 0.1) is 5.82 Å². The molecule has 0 aliphatic carbocycles. The number of hydrogen-bond acceptors (Lipinski definition) is 2. The van der Waals surface area contributed by atoms with Crippen LogP contribution in [0.3, 0.4) is 0 Å². The molecule has 0 spiro atoms. The summed E-state index contributed by atoms with van der Waals surface area (Å²) in [6, 6.07) is 5.72. The molecule has 0 amide bonds. The van der Waals surface area contributed by atoms with Gasteiger partial charge in [-0.15, -0.1) is 0 Å². The van der Waals surface area contributed by atoms with Crippen LogP contribution >= 0.6 is 0 Å². The Morgan fingerprint density at radius 1 is 1.53 bits per heavy atom. The van der Waals surface area contributed by atoms with Gasteiger partial charge in [-0.3, -0.25) is 0 Å². The van der Waals surface area contributed by atoms with Gasteiger partial charge < -0.3 is 9.84 Å². The molecule has 0 fully saturated rings. The average Bonchev–Trinajstić information content (AvgIpc) is 2.29. The molecule has 92 valence electrons. The summed E-state index contributed by atoms with van der Waals surface area (Å²) in [5, 5.41) is 9.19. The minimum absolute atomic E-state index is 0.0250. The molecule has 0 bridgehead atoms. The maximum absolute atomic E-state index is 13.6. The summed E-state index contributed by atoms with van der Waals surface area (Å²) in [6.07, 6.45) is 3.41. The van der Waals surface area contributed by atoms with Gasteiger partial charge >= 0.3 is 5.97 Å². The number of allylic oxidation sites excluding steroid dienone is 1. The lowest BCUT2D eigenvalue weighted by atomic mass is 9.95. The van der Waals surface area contributed by atoms with Crippen LogP contribution in [0.5, 0.6) is 0 Å². The molecule has 1 N–H and O–H groups in total. The van der Waals surface area contributed by atoms with Crippen molar-refractivity contribution in [2.75, 3.05) is 6.61 Å². The zero-order chi connectivity index (χ0) is 12.9. The Kier molecular flexibility index (Phi) is 4.40. The van der Waals surface area contributed by atoms with E-state index in [2.05, 4.69) is 0 Å². The highest BCUT2D eigenvalue weighted by molar-refractivity contribution is 5.79. The van der Waals surface area contributed by atoms with Crippen LogP contribution in [-0.4, -0.2) is 17.7 Å². The Bertz CT molecular complexity index is 428. The molecule has 0 aliphatic rings. The van der Waals surface area contributed by atoms with Gasteiger partial charge in [0.2, 0.25) is 0 Å². The predicted octanol–water partition coefficient (Wildman–Crippen LogP) is 2.72. The van der Waals surface area contributed by atoms with E-state index in [1.165, 1.54) is 25.1 Å². The first-order chi connectivity index (χ1) is 8.02. The molecule has 1 unspecified atom stereocenters. The molecule has 1 aromatic rings. The highest BCUT2D eigenvalue weighted by atomic mass is 19.1. The van der Waals surface area contributed by atoms with Crippen molar-refractivity contribution in [3.8, 4) is 0 Å². The minimum Gasteiger partial charge on any atom is -0.479 e. The number of carboxylic acid groups (broad SMARTS) is 1. The minimum atomic E-state index is -1.68. The van der Waals surface area contributed by atoms with E-state index >= 15 is 0 Å². The molecule has 0 radical (unpaired) electrons. The van der Waals surface area contributed by atoms with Gasteiger partial charge in [-0.25, -0.2) is 9.18 Å². The molecule has 0 aliphatic heterocycles. The molecule has 0 heterocycles. The van der Waals surface area contributed by atoms with Crippen molar-refractivity contribution in [3.05, 3.63) is 47.8 Å². The van der Waals surface area contributed by atoms with Gasteiger partial charge in [0, 0.05) is 5.56 Å². The third-order valence-corrected chi connectivity index (χ3v) is 2.50. The zero-order valence-electron chi connectivity index (χ0n) is 9.81. The maximum atomic E-state index is 13.6. The summed E-state index contributed by atoms with van der Waals surface area (Å²) >= 11 is 0. The number of aliphatic carboxylic acids is 1. The van der Waals surface area contributed by atoms with Crippen LogP contribution in [0.2, 0.25) is 0 Å². The summed E-state index contributed by atoms with van der Waals surface area (Å²) in [5.41, 5.74) is -1.65. The second kappa shape index (κ2) is 5.59. The number of hydrogen-bond donors (Lipinski definition) is 1. The third kappa shape index (κ3) is 2.91. The molecular weight excluding hydrogens is 223 g/mol. The summed E-state index contributed by atoms with van der Waals surface area (Å²) < 4.78 is 18.9. The highest BCUT2D eigenvalue weighted by Crippen LogP contribution is 2.28. The first-order valence-corrected chi connectivity index (χ1v) is 5.26. The number of rotatable bonds is 5. The SMILES string of the molecule is CC=CCOC(C)(C(=O)O)c1ccccc1F. The van der Waals surface area contributed by atoms with Gasteiger partial charge in [0.1, 0.15) is 5.82 Å². The Balaban J connectivity index is 3.07. The lowest BCUT2D eigenvalue weighted by Gasteiger charge is -2.25. The zero-order valence-corrected chi connectivity index (χ0v) is 9.81. The first kappa shape index (κ1) is 13.4. The van der Waals surface area contributed by atoms with Crippen LogP contribution in [0.1, 0.15) is 19.4 Å².